The lowest BCUT2D eigenvalue weighted by Gasteiger charge is -1.91. The zero-order chi connectivity index (χ0) is 10.5. The first kappa shape index (κ1) is 9.40. The van der Waals surface area contributed by atoms with Crippen LogP contribution in [0.4, 0.5) is 0 Å². The Balaban J connectivity index is 2.23. The van der Waals surface area contributed by atoms with Gasteiger partial charge in [0, 0.05) is 18.3 Å². The lowest BCUT2D eigenvalue weighted by Crippen LogP contribution is -1.97. The van der Waals surface area contributed by atoms with E-state index in [1.807, 2.05) is 36.4 Å². The van der Waals surface area contributed by atoms with Crippen LogP contribution in [0, 0.1) is 0 Å². The molecule has 74 valence electrons. The SMILES string of the molecule is O=c1ccnc(/C=C/c2ccccc2)o1. The van der Waals surface area contributed by atoms with Crippen molar-refractivity contribution >= 4 is 12.2 Å². The molecule has 0 aliphatic carbocycles. The Morgan fingerprint density at radius 3 is 2.60 bits per heavy atom. The van der Waals surface area contributed by atoms with Crippen molar-refractivity contribution < 1.29 is 4.42 Å². The summed E-state index contributed by atoms with van der Waals surface area (Å²) in [7, 11) is 0. The molecular weight excluding hydrogens is 190 g/mol. The first-order valence-corrected chi connectivity index (χ1v) is 4.54. The second kappa shape index (κ2) is 4.37. The Morgan fingerprint density at radius 1 is 1.07 bits per heavy atom. The maximum atomic E-state index is 10.9. The topological polar surface area (TPSA) is 43.1 Å². The highest BCUT2D eigenvalue weighted by atomic mass is 16.4. The quantitative estimate of drug-likeness (QED) is 0.744. The molecule has 0 saturated carbocycles. The van der Waals surface area contributed by atoms with Crippen molar-refractivity contribution in [3.8, 4) is 0 Å². The largest absolute Gasteiger partial charge is 0.404 e. The van der Waals surface area contributed by atoms with Gasteiger partial charge in [0.2, 0.25) is 5.89 Å². The summed E-state index contributed by atoms with van der Waals surface area (Å²) in [6, 6.07) is 11.0. The van der Waals surface area contributed by atoms with Crippen molar-refractivity contribution in [3.63, 3.8) is 0 Å². The van der Waals surface area contributed by atoms with Gasteiger partial charge in [-0.2, -0.15) is 0 Å². The number of rotatable bonds is 2. The van der Waals surface area contributed by atoms with E-state index in [0.29, 0.717) is 5.89 Å². The van der Waals surface area contributed by atoms with Crippen molar-refractivity contribution in [2.75, 3.05) is 0 Å². The van der Waals surface area contributed by atoms with Gasteiger partial charge in [0.05, 0.1) is 0 Å². The third kappa shape index (κ3) is 2.64. The highest BCUT2D eigenvalue weighted by molar-refractivity contribution is 5.65. The fraction of sp³-hybridized carbons (Fsp3) is 0. The van der Waals surface area contributed by atoms with Crippen LogP contribution in [0.15, 0.2) is 51.8 Å². The molecule has 0 bridgehead atoms. The molecule has 1 heterocycles. The second-order valence-corrected chi connectivity index (χ2v) is 2.95. The van der Waals surface area contributed by atoms with Gasteiger partial charge in [-0.05, 0) is 11.6 Å². The van der Waals surface area contributed by atoms with E-state index in [0.717, 1.165) is 5.56 Å². The molecule has 1 aromatic heterocycles. The number of hydrogen-bond acceptors (Lipinski definition) is 3. The molecule has 0 spiro atoms. The van der Waals surface area contributed by atoms with Crippen LogP contribution in [-0.4, -0.2) is 4.98 Å². The summed E-state index contributed by atoms with van der Waals surface area (Å²) in [4.78, 5) is 14.8. The molecule has 15 heavy (non-hydrogen) atoms. The van der Waals surface area contributed by atoms with E-state index < -0.39 is 5.63 Å². The predicted octanol–water partition coefficient (Wildman–Crippen LogP) is 2.21. The minimum Gasteiger partial charge on any atom is -0.404 e. The van der Waals surface area contributed by atoms with Crippen molar-refractivity contribution in [1.82, 2.24) is 4.98 Å². The van der Waals surface area contributed by atoms with Gasteiger partial charge in [0.25, 0.3) is 0 Å². The average Bonchev–Trinajstić information content (AvgIpc) is 2.28. The van der Waals surface area contributed by atoms with Crippen LogP contribution < -0.4 is 5.63 Å². The Kier molecular flexibility index (Phi) is 2.74. The smallest absolute Gasteiger partial charge is 0.339 e. The summed E-state index contributed by atoms with van der Waals surface area (Å²) < 4.78 is 4.85. The fourth-order valence-electron chi connectivity index (χ4n) is 1.14. The standard InChI is InChI=1S/C12H9NO2/c14-12-8-9-13-11(15-12)7-6-10-4-2-1-3-5-10/h1-9H/b7-6+. The molecule has 2 aromatic rings. The maximum Gasteiger partial charge on any atom is 0.339 e. The predicted molar refractivity (Wildman–Crippen MR) is 58.1 cm³/mol. The molecule has 0 radical (unpaired) electrons. The Bertz CT molecular complexity index is 514. The molecule has 3 heteroatoms. The second-order valence-electron chi connectivity index (χ2n) is 2.95. The number of benzene rings is 1. The van der Waals surface area contributed by atoms with Gasteiger partial charge in [-0.25, -0.2) is 9.78 Å². The van der Waals surface area contributed by atoms with E-state index in [2.05, 4.69) is 4.98 Å². The van der Waals surface area contributed by atoms with Gasteiger partial charge in [-0.3, -0.25) is 0 Å². The van der Waals surface area contributed by atoms with Crippen LogP contribution in [0.25, 0.3) is 12.2 Å². The van der Waals surface area contributed by atoms with Crippen LogP contribution in [-0.2, 0) is 0 Å². The normalized spacial score (nSPS) is 10.7. The van der Waals surface area contributed by atoms with Gasteiger partial charge in [-0.1, -0.05) is 30.3 Å². The first-order valence-electron chi connectivity index (χ1n) is 4.54. The minimum absolute atomic E-state index is 0.311. The van der Waals surface area contributed by atoms with Gasteiger partial charge in [-0.15, -0.1) is 0 Å². The third-order valence-electron chi connectivity index (χ3n) is 1.84. The fourth-order valence-corrected chi connectivity index (χ4v) is 1.14. The van der Waals surface area contributed by atoms with Crippen molar-refractivity contribution in [2.45, 2.75) is 0 Å². The van der Waals surface area contributed by atoms with E-state index in [-0.39, 0.29) is 0 Å². The van der Waals surface area contributed by atoms with E-state index in [1.54, 1.807) is 6.08 Å². The van der Waals surface area contributed by atoms with E-state index in [1.165, 1.54) is 12.3 Å². The van der Waals surface area contributed by atoms with Gasteiger partial charge < -0.3 is 4.42 Å². The number of hydrogen-bond donors (Lipinski definition) is 0. The molecule has 3 nitrogen and oxygen atoms in total. The average molecular weight is 199 g/mol. The molecule has 0 fully saturated rings. The molecule has 0 unspecified atom stereocenters. The summed E-state index contributed by atoms with van der Waals surface area (Å²) in [5.74, 6) is 0.311. The zero-order valence-corrected chi connectivity index (χ0v) is 7.96. The summed E-state index contributed by atoms with van der Waals surface area (Å²) in [6.45, 7) is 0. The summed E-state index contributed by atoms with van der Waals surface area (Å²) >= 11 is 0. The van der Waals surface area contributed by atoms with Crippen LogP contribution >= 0.6 is 0 Å². The molecule has 1 aromatic carbocycles. The number of aromatic nitrogens is 1. The Hall–Kier alpha value is -2.16. The molecule has 0 N–H and O–H groups in total. The van der Waals surface area contributed by atoms with Crippen LogP contribution in [0.1, 0.15) is 11.5 Å². The highest BCUT2D eigenvalue weighted by Crippen LogP contribution is 2.04. The lowest BCUT2D eigenvalue weighted by molar-refractivity contribution is 0.480. The van der Waals surface area contributed by atoms with Crippen molar-refractivity contribution in [2.24, 2.45) is 0 Å². The lowest BCUT2D eigenvalue weighted by atomic mass is 10.2. The molecule has 0 amide bonds. The monoisotopic (exact) mass is 199 g/mol. The first-order chi connectivity index (χ1) is 7.34. The van der Waals surface area contributed by atoms with E-state index in [9.17, 15) is 4.79 Å². The minimum atomic E-state index is -0.391. The van der Waals surface area contributed by atoms with Crippen molar-refractivity contribution in [1.29, 1.82) is 0 Å². The molecule has 2 rings (SSSR count). The molecule has 0 atom stereocenters. The zero-order valence-electron chi connectivity index (χ0n) is 7.96. The molecule has 0 saturated heterocycles. The van der Waals surface area contributed by atoms with Gasteiger partial charge in [0.15, 0.2) is 0 Å². The van der Waals surface area contributed by atoms with Crippen LogP contribution in [0.2, 0.25) is 0 Å². The van der Waals surface area contributed by atoms with Gasteiger partial charge in [0.1, 0.15) is 0 Å². The van der Waals surface area contributed by atoms with Crippen LogP contribution in [0.5, 0.6) is 0 Å². The summed E-state index contributed by atoms with van der Waals surface area (Å²) in [5.41, 5.74) is 0.642. The summed E-state index contributed by atoms with van der Waals surface area (Å²) in [6.07, 6.45) is 4.93. The third-order valence-corrected chi connectivity index (χ3v) is 1.84. The highest BCUT2D eigenvalue weighted by Gasteiger charge is 1.91. The molecule has 0 aliphatic rings. The molecular formula is C12H9NO2. The van der Waals surface area contributed by atoms with Crippen LogP contribution in [0.3, 0.4) is 0 Å². The Morgan fingerprint density at radius 2 is 1.87 bits per heavy atom. The van der Waals surface area contributed by atoms with E-state index >= 15 is 0 Å². The van der Waals surface area contributed by atoms with E-state index in [4.69, 9.17) is 4.42 Å². The van der Waals surface area contributed by atoms with Gasteiger partial charge >= 0.3 is 5.63 Å². The van der Waals surface area contributed by atoms with Crippen molar-refractivity contribution in [3.05, 3.63) is 64.5 Å². The summed E-state index contributed by atoms with van der Waals surface area (Å²) in [5, 5.41) is 0. The number of nitrogens with zero attached hydrogens (tertiary/aromatic N) is 1. The maximum absolute atomic E-state index is 10.9. The molecule has 0 aliphatic heterocycles. The Labute approximate surface area is 86.7 Å².